The first-order chi connectivity index (χ1) is 12.1. The summed E-state index contributed by atoms with van der Waals surface area (Å²) in [6, 6.07) is 9.99. The van der Waals surface area contributed by atoms with Crippen LogP contribution in [-0.2, 0) is 9.59 Å². The van der Waals surface area contributed by atoms with E-state index < -0.39 is 0 Å². The molecule has 1 spiro atoms. The summed E-state index contributed by atoms with van der Waals surface area (Å²) >= 11 is 1.58. The fraction of sp³-hybridized carbons (Fsp3) is 0.579. The van der Waals surface area contributed by atoms with E-state index in [2.05, 4.69) is 0 Å². The van der Waals surface area contributed by atoms with Gasteiger partial charge in [-0.2, -0.15) is 0 Å². The Morgan fingerprint density at radius 1 is 1.20 bits per heavy atom. The number of amides is 2. The van der Waals surface area contributed by atoms with Gasteiger partial charge in [0.1, 0.15) is 0 Å². The number of likely N-dealkylation sites (tertiary alicyclic amines) is 2. The molecule has 2 aliphatic rings. The third-order valence-corrected chi connectivity index (χ3v) is 6.23. The Morgan fingerprint density at radius 3 is 2.76 bits per heavy atom. The largest absolute Gasteiger partial charge is 0.395 e. The smallest absolute Gasteiger partial charge is 0.232 e. The summed E-state index contributed by atoms with van der Waals surface area (Å²) in [6.07, 6.45) is 3.42. The van der Waals surface area contributed by atoms with Gasteiger partial charge in [0.2, 0.25) is 11.8 Å². The Labute approximate surface area is 153 Å². The van der Waals surface area contributed by atoms with Crippen molar-refractivity contribution in [1.29, 1.82) is 0 Å². The number of β-amino-alcohol motifs (C(OH)–C–C–N with tert-alkyl or cyclic N) is 1. The molecule has 5 nitrogen and oxygen atoms in total. The minimum absolute atomic E-state index is 0.00181. The van der Waals surface area contributed by atoms with Crippen molar-refractivity contribution in [3.8, 4) is 0 Å². The van der Waals surface area contributed by atoms with E-state index in [9.17, 15) is 14.7 Å². The number of benzene rings is 1. The SMILES string of the molecule is O=C1CC[C@@]2(CCCN(C(=O)CSc3ccccc3)C2)CN1CCO. The number of thioether (sulfide) groups is 1. The van der Waals surface area contributed by atoms with Crippen molar-refractivity contribution >= 4 is 23.6 Å². The average molecular weight is 362 g/mol. The molecule has 1 N–H and O–H groups in total. The first-order valence-electron chi connectivity index (χ1n) is 8.96. The van der Waals surface area contributed by atoms with E-state index in [0.717, 1.165) is 37.2 Å². The highest BCUT2D eigenvalue weighted by Crippen LogP contribution is 2.39. The van der Waals surface area contributed by atoms with Crippen LogP contribution < -0.4 is 0 Å². The first kappa shape index (κ1) is 18.3. The summed E-state index contributed by atoms with van der Waals surface area (Å²) in [5.41, 5.74) is 0.00834. The molecule has 136 valence electrons. The Morgan fingerprint density at radius 2 is 2.00 bits per heavy atom. The number of piperidine rings is 2. The Kier molecular flexibility index (Phi) is 6.02. The molecule has 2 amide bonds. The lowest BCUT2D eigenvalue weighted by Gasteiger charge is -2.48. The molecule has 3 rings (SSSR count). The predicted molar refractivity (Wildman–Crippen MR) is 98.3 cm³/mol. The van der Waals surface area contributed by atoms with E-state index in [4.69, 9.17) is 0 Å². The Bertz CT molecular complexity index is 610. The van der Waals surface area contributed by atoms with Crippen LogP contribution in [0.15, 0.2) is 35.2 Å². The van der Waals surface area contributed by atoms with Crippen LogP contribution in [0.3, 0.4) is 0 Å². The number of hydrogen-bond acceptors (Lipinski definition) is 4. The molecule has 0 aliphatic carbocycles. The van der Waals surface area contributed by atoms with Gasteiger partial charge in [0, 0.05) is 42.9 Å². The van der Waals surface area contributed by atoms with E-state index in [1.807, 2.05) is 35.2 Å². The van der Waals surface area contributed by atoms with Crippen LogP contribution in [0, 0.1) is 5.41 Å². The van der Waals surface area contributed by atoms with Crippen LogP contribution in [0.4, 0.5) is 0 Å². The Hall–Kier alpha value is -1.53. The van der Waals surface area contributed by atoms with Gasteiger partial charge in [-0.25, -0.2) is 0 Å². The van der Waals surface area contributed by atoms with Crippen LogP contribution in [-0.4, -0.2) is 65.3 Å². The molecular weight excluding hydrogens is 336 g/mol. The molecule has 1 aromatic rings. The number of aliphatic hydroxyl groups excluding tert-OH is 1. The van der Waals surface area contributed by atoms with Gasteiger partial charge in [-0.05, 0) is 31.4 Å². The van der Waals surface area contributed by atoms with Crippen molar-refractivity contribution < 1.29 is 14.7 Å². The maximum absolute atomic E-state index is 12.7. The molecule has 6 heteroatoms. The fourth-order valence-corrected chi connectivity index (χ4v) is 4.76. The minimum atomic E-state index is -0.00181. The number of rotatable bonds is 5. The number of carbonyl (C=O) groups is 2. The summed E-state index contributed by atoms with van der Waals surface area (Å²) in [4.78, 5) is 29.5. The molecule has 0 bridgehead atoms. The van der Waals surface area contributed by atoms with E-state index in [1.165, 1.54) is 0 Å². The lowest BCUT2D eigenvalue weighted by atomic mass is 9.73. The predicted octanol–water partition coefficient (Wildman–Crippen LogP) is 2.00. The summed E-state index contributed by atoms with van der Waals surface area (Å²) in [7, 11) is 0. The Balaban J connectivity index is 1.58. The summed E-state index contributed by atoms with van der Waals surface area (Å²) in [5.74, 6) is 0.764. The van der Waals surface area contributed by atoms with Crippen LogP contribution in [0.25, 0.3) is 0 Å². The maximum Gasteiger partial charge on any atom is 0.232 e. The topological polar surface area (TPSA) is 60.9 Å². The van der Waals surface area contributed by atoms with Gasteiger partial charge in [-0.3, -0.25) is 9.59 Å². The molecule has 1 atom stereocenters. The molecule has 2 fully saturated rings. The summed E-state index contributed by atoms with van der Waals surface area (Å²) < 4.78 is 0. The van der Waals surface area contributed by atoms with Crippen molar-refractivity contribution in [2.75, 3.05) is 38.5 Å². The molecule has 1 aromatic carbocycles. The van der Waals surface area contributed by atoms with Crippen molar-refractivity contribution in [1.82, 2.24) is 9.80 Å². The van der Waals surface area contributed by atoms with Crippen LogP contribution in [0.5, 0.6) is 0 Å². The molecule has 25 heavy (non-hydrogen) atoms. The third kappa shape index (κ3) is 4.55. The standard InChI is InChI=1S/C19H26N2O3S/c22-12-11-21-15-19(9-7-17(21)23)8-4-10-20(14-19)18(24)13-25-16-5-2-1-3-6-16/h1-3,5-6,22H,4,7-15H2/t19-/m1/s1. The fourth-order valence-electron chi connectivity index (χ4n) is 3.93. The van der Waals surface area contributed by atoms with Gasteiger partial charge < -0.3 is 14.9 Å². The highest BCUT2D eigenvalue weighted by atomic mass is 32.2. The van der Waals surface area contributed by atoms with E-state index >= 15 is 0 Å². The summed E-state index contributed by atoms with van der Waals surface area (Å²) in [5, 5.41) is 9.18. The second kappa shape index (κ2) is 8.23. The quantitative estimate of drug-likeness (QED) is 0.814. The van der Waals surface area contributed by atoms with E-state index in [0.29, 0.717) is 25.3 Å². The normalized spacial score (nSPS) is 24.0. The van der Waals surface area contributed by atoms with Crippen molar-refractivity contribution in [3.05, 3.63) is 30.3 Å². The number of carbonyl (C=O) groups excluding carboxylic acids is 2. The lowest BCUT2D eigenvalue weighted by Crippen LogP contribution is -2.55. The molecule has 2 aliphatic heterocycles. The molecule has 2 heterocycles. The van der Waals surface area contributed by atoms with Crippen LogP contribution in [0.1, 0.15) is 25.7 Å². The second-order valence-electron chi connectivity index (χ2n) is 7.06. The van der Waals surface area contributed by atoms with Gasteiger partial charge in [0.15, 0.2) is 0 Å². The number of aliphatic hydroxyl groups is 1. The number of nitrogens with zero attached hydrogens (tertiary/aromatic N) is 2. The zero-order chi connectivity index (χ0) is 17.7. The van der Waals surface area contributed by atoms with Crippen molar-refractivity contribution in [2.24, 2.45) is 5.41 Å². The zero-order valence-electron chi connectivity index (χ0n) is 14.5. The number of hydrogen-bond donors (Lipinski definition) is 1. The van der Waals surface area contributed by atoms with Crippen molar-refractivity contribution in [2.45, 2.75) is 30.6 Å². The highest BCUT2D eigenvalue weighted by Gasteiger charge is 2.42. The molecule has 0 radical (unpaired) electrons. The van der Waals surface area contributed by atoms with Gasteiger partial charge in [-0.1, -0.05) is 18.2 Å². The van der Waals surface area contributed by atoms with Gasteiger partial charge in [0.25, 0.3) is 0 Å². The molecule has 0 aromatic heterocycles. The van der Waals surface area contributed by atoms with Gasteiger partial charge in [0.05, 0.1) is 12.4 Å². The van der Waals surface area contributed by atoms with Gasteiger partial charge in [-0.15, -0.1) is 11.8 Å². The average Bonchev–Trinajstić information content (AvgIpc) is 2.64. The third-order valence-electron chi connectivity index (χ3n) is 5.24. The minimum Gasteiger partial charge on any atom is -0.395 e. The van der Waals surface area contributed by atoms with Gasteiger partial charge >= 0.3 is 0 Å². The second-order valence-corrected chi connectivity index (χ2v) is 8.11. The highest BCUT2D eigenvalue weighted by molar-refractivity contribution is 8.00. The molecule has 0 saturated carbocycles. The van der Waals surface area contributed by atoms with Crippen LogP contribution in [0.2, 0.25) is 0 Å². The van der Waals surface area contributed by atoms with Crippen LogP contribution >= 0.6 is 11.8 Å². The zero-order valence-corrected chi connectivity index (χ0v) is 15.3. The van der Waals surface area contributed by atoms with Crippen molar-refractivity contribution in [3.63, 3.8) is 0 Å². The summed E-state index contributed by atoms with van der Waals surface area (Å²) in [6.45, 7) is 2.61. The monoisotopic (exact) mass is 362 g/mol. The first-order valence-corrected chi connectivity index (χ1v) is 9.95. The van der Waals surface area contributed by atoms with E-state index in [1.54, 1.807) is 16.7 Å². The molecule has 2 saturated heterocycles. The molecular formula is C19H26N2O3S. The molecule has 0 unspecified atom stereocenters. The maximum atomic E-state index is 12.7. The van der Waals surface area contributed by atoms with E-state index in [-0.39, 0.29) is 23.8 Å². The lowest BCUT2D eigenvalue weighted by molar-refractivity contribution is -0.142.